The maximum Gasteiger partial charge on any atom is 0.146 e. The molecule has 0 aliphatic carbocycles. The molecule has 0 saturated carbocycles. The number of benzene rings is 6. The Kier molecular flexibility index (Phi) is 4.07. The summed E-state index contributed by atoms with van der Waals surface area (Å²) in [6.45, 7) is 0. The van der Waals surface area contributed by atoms with E-state index in [0.717, 1.165) is 22.4 Å². The molecule has 0 aliphatic rings. The highest BCUT2D eigenvalue weighted by Crippen LogP contribution is 2.44. The molecule has 10 aromatic rings. The molecule has 0 amide bonds. The molecule has 4 heteroatoms. The Morgan fingerprint density at radius 2 is 1.22 bits per heavy atom. The van der Waals surface area contributed by atoms with Gasteiger partial charge in [0, 0.05) is 52.8 Å². The van der Waals surface area contributed by atoms with Gasteiger partial charge < -0.3 is 4.57 Å². The maximum atomic E-state index is 5.24. The Balaban J connectivity index is 1.56. The third-order valence-electron chi connectivity index (χ3n) is 8.66. The quantitative estimate of drug-likeness (QED) is 0.190. The molecule has 0 saturated heterocycles. The van der Waals surface area contributed by atoms with Gasteiger partial charge in [0.15, 0.2) is 0 Å². The fraction of sp³-hybridized carbons (Fsp3) is 0. The first-order valence-corrected chi connectivity index (χ1v) is 14.7. The van der Waals surface area contributed by atoms with Crippen LogP contribution in [-0.2, 0) is 0 Å². The van der Waals surface area contributed by atoms with Crippen LogP contribution < -0.4 is 0 Å². The Morgan fingerprint density at radius 3 is 2.12 bits per heavy atom. The molecule has 0 radical (unpaired) electrons. The van der Waals surface area contributed by atoms with Crippen LogP contribution in [0.1, 0.15) is 0 Å². The van der Waals surface area contributed by atoms with Crippen LogP contribution >= 0.6 is 11.3 Å². The number of hydrogen-bond donors (Lipinski definition) is 0. The largest absolute Gasteiger partial charge is 0.309 e. The average molecular weight is 540 g/mol. The Hall–Kier alpha value is -5.19. The predicted molar refractivity (Wildman–Crippen MR) is 175 cm³/mol. The van der Waals surface area contributed by atoms with Crippen LogP contribution in [0.5, 0.6) is 0 Å². The van der Waals surface area contributed by atoms with Crippen LogP contribution in [0, 0.1) is 0 Å². The molecular weight excluding hydrogens is 518 g/mol. The molecule has 190 valence electrons. The van der Waals surface area contributed by atoms with Crippen LogP contribution in [-0.4, -0.2) is 14.0 Å². The van der Waals surface area contributed by atoms with Crippen molar-refractivity contribution in [3.05, 3.63) is 127 Å². The van der Waals surface area contributed by atoms with Crippen LogP contribution in [0.15, 0.2) is 127 Å². The molecule has 0 aliphatic heterocycles. The van der Waals surface area contributed by atoms with Crippen molar-refractivity contribution in [3.63, 3.8) is 0 Å². The van der Waals surface area contributed by atoms with E-state index in [0.29, 0.717) is 0 Å². The molecule has 0 atom stereocenters. The molecule has 3 nitrogen and oxygen atoms in total. The first kappa shape index (κ1) is 21.6. The minimum Gasteiger partial charge on any atom is -0.309 e. The van der Waals surface area contributed by atoms with Crippen LogP contribution in [0.3, 0.4) is 0 Å². The van der Waals surface area contributed by atoms with Gasteiger partial charge in [-0.2, -0.15) is 0 Å². The van der Waals surface area contributed by atoms with Gasteiger partial charge in [0.05, 0.1) is 27.6 Å². The van der Waals surface area contributed by atoms with Crippen molar-refractivity contribution in [1.29, 1.82) is 0 Å². The smallest absolute Gasteiger partial charge is 0.146 e. The normalized spacial score (nSPS) is 12.4. The maximum absolute atomic E-state index is 5.24. The number of fused-ring (bicyclic) bond motifs is 15. The van der Waals surface area contributed by atoms with Crippen LogP contribution in [0.2, 0.25) is 0 Å². The lowest BCUT2D eigenvalue weighted by Gasteiger charge is -2.14. The lowest BCUT2D eigenvalue weighted by Crippen LogP contribution is -1.97. The van der Waals surface area contributed by atoms with E-state index in [-0.39, 0.29) is 0 Å². The highest BCUT2D eigenvalue weighted by atomic mass is 32.1. The van der Waals surface area contributed by atoms with Gasteiger partial charge >= 0.3 is 0 Å². The van der Waals surface area contributed by atoms with Crippen molar-refractivity contribution >= 4 is 91.7 Å². The van der Waals surface area contributed by atoms with Gasteiger partial charge in [-0.1, -0.05) is 72.8 Å². The number of thiophene rings is 1. The van der Waals surface area contributed by atoms with Crippen LogP contribution in [0.4, 0.5) is 0 Å². The standard InChI is InChI=1S/C37H21N3S/c1-2-10-22(11-3-1)39-30-15-7-4-12-23(30)25-18-19-26-35(36(25)39)28-20-27-24-13-5-9-17-33(24)41-34(27)21-32(28)40-31-16-8-6-14-29(31)38-37(26)40/h1-21H. The Bertz CT molecular complexity index is 2690. The fourth-order valence-corrected chi connectivity index (χ4v) is 8.08. The monoisotopic (exact) mass is 539 g/mol. The summed E-state index contributed by atoms with van der Waals surface area (Å²) in [5, 5.41) is 8.80. The molecule has 0 spiro atoms. The van der Waals surface area contributed by atoms with Gasteiger partial charge in [-0.25, -0.2) is 4.98 Å². The molecule has 0 fully saturated rings. The van der Waals surface area contributed by atoms with E-state index in [9.17, 15) is 0 Å². The minimum atomic E-state index is 1.00. The van der Waals surface area contributed by atoms with E-state index < -0.39 is 0 Å². The number of hydrogen-bond acceptors (Lipinski definition) is 2. The molecule has 4 aromatic heterocycles. The molecule has 41 heavy (non-hydrogen) atoms. The van der Waals surface area contributed by atoms with Gasteiger partial charge in [-0.15, -0.1) is 11.3 Å². The van der Waals surface area contributed by atoms with Crippen molar-refractivity contribution in [1.82, 2.24) is 14.0 Å². The zero-order valence-electron chi connectivity index (χ0n) is 21.9. The van der Waals surface area contributed by atoms with Gasteiger partial charge in [0.25, 0.3) is 0 Å². The van der Waals surface area contributed by atoms with Gasteiger partial charge in [0.1, 0.15) is 5.65 Å². The molecule has 0 unspecified atom stereocenters. The lowest BCUT2D eigenvalue weighted by molar-refractivity contribution is 1.19. The van der Waals surface area contributed by atoms with Gasteiger partial charge in [-0.3, -0.25) is 4.40 Å². The van der Waals surface area contributed by atoms with Gasteiger partial charge in [0.2, 0.25) is 0 Å². The first-order chi connectivity index (χ1) is 20.3. The number of pyridine rings is 1. The van der Waals surface area contributed by atoms with E-state index in [1.54, 1.807) is 0 Å². The number of imidazole rings is 1. The molecule has 4 heterocycles. The topological polar surface area (TPSA) is 22.2 Å². The second kappa shape index (κ2) is 7.72. The molecule has 0 bridgehead atoms. The van der Waals surface area contributed by atoms with Crippen molar-refractivity contribution in [2.24, 2.45) is 0 Å². The summed E-state index contributed by atoms with van der Waals surface area (Å²) in [7, 11) is 0. The summed E-state index contributed by atoms with van der Waals surface area (Å²) in [6.07, 6.45) is 0. The molecule has 10 rings (SSSR count). The number of para-hydroxylation sites is 4. The third-order valence-corrected chi connectivity index (χ3v) is 9.79. The summed E-state index contributed by atoms with van der Waals surface area (Å²) >= 11 is 1.87. The summed E-state index contributed by atoms with van der Waals surface area (Å²) in [5.74, 6) is 0. The second-order valence-corrected chi connectivity index (χ2v) is 11.9. The fourth-order valence-electron chi connectivity index (χ4n) is 6.96. The van der Waals surface area contributed by atoms with E-state index in [1.165, 1.54) is 63.7 Å². The van der Waals surface area contributed by atoms with E-state index in [2.05, 4.69) is 136 Å². The van der Waals surface area contributed by atoms with Crippen molar-refractivity contribution < 1.29 is 0 Å². The summed E-state index contributed by atoms with van der Waals surface area (Å²) < 4.78 is 7.44. The zero-order chi connectivity index (χ0) is 26.7. The second-order valence-electron chi connectivity index (χ2n) is 10.8. The number of nitrogens with zero attached hydrogens (tertiary/aromatic N) is 3. The summed E-state index contributed by atoms with van der Waals surface area (Å²) in [4.78, 5) is 5.24. The van der Waals surface area contributed by atoms with E-state index in [1.807, 2.05) is 11.3 Å². The highest BCUT2D eigenvalue weighted by molar-refractivity contribution is 7.25. The SMILES string of the molecule is c1ccc(-n2c3ccccc3c3ccc4c(c5cc6c(cc5n5c7ccccc7nc45)sc4ccccc46)c32)cc1. The summed E-state index contributed by atoms with van der Waals surface area (Å²) in [5.41, 5.74) is 7.95. The van der Waals surface area contributed by atoms with Crippen LogP contribution in [0.25, 0.3) is 86.0 Å². The lowest BCUT2D eigenvalue weighted by atomic mass is 10.00. The van der Waals surface area contributed by atoms with E-state index >= 15 is 0 Å². The van der Waals surface area contributed by atoms with Crippen molar-refractivity contribution in [2.75, 3.05) is 0 Å². The predicted octanol–water partition coefficient (Wildman–Crippen LogP) is 10.3. The first-order valence-electron chi connectivity index (χ1n) is 13.9. The molecule has 0 N–H and O–H groups in total. The number of aromatic nitrogens is 3. The highest BCUT2D eigenvalue weighted by Gasteiger charge is 2.21. The third kappa shape index (κ3) is 2.75. The Morgan fingerprint density at radius 1 is 0.488 bits per heavy atom. The minimum absolute atomic E-state index is 1.00. The number of rotatable bonds is 1. The van der Waals surface area contributed by atoms with E-state index in [4.69, 9.17) is 4.98 Å². The van der Waals surface area contributed by atoms with Crippen molar-refractivity contribution in [2.45, 2.75) is 0 Å². The van der Waals surface area contributed by atoms with Crippen molar-refractivity contribution in [3.8, 4) is 5.69 Å². The Labute approximate surface area is 238 Å². The average Bonchev–Trinajstić information content (AvgIpc) is 3.70. The van der Waals surface area contributed by atoms with Gasteiger partial charge in [-0.05, 0) is 54.6 Å². The molecule has 6 aromatic carbocycles. The zero-order valence-corrected chi connectivity index (χ0v) is 22.7. The summed E-state index contributed by atoms with van der Waals surface area (Å²) in [6, 6.07) is 46.2. The molecular formula is C37H21N3S.